The number of carboxylic acids is 1. The van der Waals surface area contributed by atoms with Crippen LogP contribution in [0.5, 0.6) is 0 Å². The van der Waals surface area contributed by atoms with Crippen molar-refractivity contribution in [2.75, 3.05) is 13.6 Å². The number of aromatic nitrogens is 4. The number of hydrogen-bond donors (Lipinski definition) is 2. The van der Waals surface area contributed by atoms with Crippen molar-refractivity contribution < 1.29 is 19.5 Å². The van der Waals surface area contributed by atoms with Crippen LogP contribution in [-0.4, -0.2) is 66.0 Å². The molecule has 10 heteroatoms. The molecule has 0 unspecified atom stereocenters. The van der Waals surface area contributed by atoms with Crippen LogP contribution in [0.4, 0.5) is 0 Å². The lowest BCUT2D eigenvalue weighted by atomic mass is 10.1. The van der Waals surface area contributed by atoms with Crippen LogP contribution in [-0.2, 0) is 18.6 Å². The number of pyridine rings is 1. The van der Waals surface area contributed by atoms with Crippen molar-refractivity contribution in [1.29, 1.82) is 0 Å². The smallest absolute Gasteiger partial charge is 0.337 e. The number of carboxylic acid groups (broad SMARTS) is 1. The summed E-state index contributed by atoms with van der Waals surface area (Å²) in [5, 5.41) is 14.5. The Kier molecular flexibility index (Phi) is 4.92. The third kappa shape index (κ3) is 3.44. The minimum atomic E-state index is -1.04. The Morgan fingerprint density at radius 3 is 2.58 bits per heavy atom. The van der Waals surface area contributed by atoms with Crippen LogP contribution in [0.25, 0.3) is 10.9 Å². The zero-order valence-corrected chi connectivity index (χ0v) is 19.6. The lowest BCUT2D eigenvalue weighted by molar-refractivity contribution is 0.0667. The molecule has 182 valence electrons. The van der Waals surface area contributed by atoms with Gasteiger partial charge in [-0.3, -0.25) is 19.3 Å². The third-order valence-electron chi connectivity index (χ3n) is 7.31. The molecule has 2 amide bonds. The monoisotopic (exact) mass is 484 g/mol. The van der Waals surface area contributed by atoms with E-state index in [9.17, 15) is 14.4 Å². The minimum Gasteiger partial charge on any atom is -0.478 e. The second-order valence-corrected chi connectivity index (χ2v) is 9.36. The van der Waals surface area contributed by atoms with Gasteiger partial charge in [0.1, 0.15) is 5.69 Å². The summed E-state index contributed by atoms with van der Waals surface area (Å²) in [6, 6.07) is 12.8. The van der Waals surface area contributed by atoms with Crippen LogP contribution >= 0.6 is 0 Å². The Hall–Kier alpha value is -4.47. The van der Waals surface area contributed by atoms with E-state index in [2.05, 4.69) is 15.1 Å². The van der Waals surface area contributed by atoms with Crippen molar-refractivity contribution in [3.05, 3.63) is 83.1 Å². The van der Waals surface area contributed by atoms with Crippen molar-refractivity contribution in [3.8, 4) is 0 Å². The number of rotatable bonds is 5. The predicted octanol–water partition coefficient (Wildman–Crippen LogP) is 2.87. The third-order valence-corrected chi connectivity index (χ3v) is 7.31. The van der Waals surface area contributed by atoms with E-state index in [-0.39, 0.29) is 23.9 Å². The van der Waals surface area contributed by atoms with E-state index in [4.69, 9.17) is 5.11 Å². The molecular weight excluding hydrogens is 460 g/mol. The van der Waals surface area contributed by atoms with Crippen molar-refractivity contribution >= 4 is 28.7 Å². The van der Waals surface area contributed by atoms with Crippen molar-refractivity contribution in [3.63, 3.8) is 0 Å². The van der Waals surface area contributed by atoms with Gasteiger partial charge in [-0.1, -0.05) is 18.2 Å². The van der Waals surface area contributed by atoms with Crippen molar-refractivity contribution in [2.24, 2.45) is 0 Å². The lowest BCUT2D eigenvalue weighted by Crippen LogP contribution is -2.41. The number of carbonyl (C=O) groups is 3. The summed E-state index contributed by atoms with van der Waals surface area (Å²) < 4.78 is 1.79. The quantitative estimate of drug-likeness (QED) is 0.449. The van der Waals surface area contributed by atoms with Gasteiger partial charge < -0.3 is 19.9 Å². The number of hydrogen-bond acceptors (Lipinski definition) is 5. The second kappa shape index (κ2) is 8.04. The fourth-order valence-corrected chi connectivity index (χ4v) is 5.01. The van der Waals surface area contributed by atoms with Crippen LogP contribution in [0.2, 0.25) is 0 Å². The molecule has 1 fully saturated rings. The molecular formula is C26H24N6O4. The zero-order valence-electron chi connectivity index (χ0n) is 19.6. The maximum absolute atomic E-state index is 13.6. The van der Waals surface area contributed by atoms with Crippen LogP contribution in [0.15, 0.2) is 54.9 Å². The number of H-pyrrole nitrogens is 1. The Labute approximate surface area is 206 Å². The first kappa shape index (κ1) is 22.0. The Balaban J connectivity index is 1.24. The Morgan fingerprint density at radius 2 is 1.89 bits per heavy atom. The molecule has 0 radical (unpaired) electrons. The first-order chi connectivity index (χ1) is 17.4. The average Bonchev–Trinajstić information content (AvgIpc) is 3.42. The maximum Gasteiger partial charge on any atom is 0.337 e. The number of fused-ring (bicyclic) bond motifs is 2. The number of amides is 2. The van der Waals surface area contributed by atoms with Gasteiger partial charge in [0.2, 0.25) is 0 Å². The molecule has 0 spiro atoms. The number of nitrogens with zero attached hydrogens (tertiary/aromatic N) is 5. The Morgan fingerprint density at radius 1 is 1.08 bits per heavy atom. The van der Waals surface area contributed by atoms with Gasteiger partial charge in [0, 0.05) is 30.7 Å². The fraction of sp³-hybridized carbons (Fsp3) is 0.269. The van der Waals surface area contributed by atoms with Gasteiger partial charge in [-0.25, -0.2) is 4.79 Å². The average molecular weight is 485 g/mol. The van der Waals surface area contributed by atoms with Gasteiger partial charge in [0.05, 0.1) is 47.3 Å². The number of aromatic amines is 1. The molecule has 6 rings (SSSR count). The van der Waals surface area contributed by atoms with E-state index >= 15 is 0 Å². The van der Waals surface area contributed by atoms with Gasteiger partial charge >= 0.3 is 5.97 Å². The number of benzene rings is 1. The summed E-state index contributed by atoms with van der Waals surface area (Å²) in [7, 11) is 1.74. The highest BCUT2D eigenvalue weighted by Crippen LogP contribution is 2.50. The van der Waals surface area contributed by atoms with E-state index in [1.165, 1.54) is 12.3 Å². The van der Waals surface area contributed by atoms with E-state index in [0.717, 1.165) is 23.7 Å². The summed E-state index contributed by atoms with van der Waals surface area (Å²) in [4.78, 5) is 49.0. The molecule has 0 saturated heterocycles. The summed E-state index contributed by atoms with van der Waals surface area (Å²) in [5.74, 6) is -1.36. The minimum absolute atomic E-state index is 0.106. The highest BCUT2D eigenvalue weighted by Gasteiger charge is 2.51. The van der Waals surface area contributed by atoms with Gasteiger partial charge in [0.25, 0.3) is 11.8 Å². The van der Waals surface area contributed by atoms with Crippen LogP contribution in [0.3, 0.4) is 0 Å². The fourth-order valence-electron chi connectivity index (χ4n) is 5.01. The van der Waals surface area contributed by atoms with Gasteiger partial charge in [-0.2, -0.15) is 5.10 Å². The molecule has 1 saturated carbocycles. The molecule has 2 N–H and O–H groups in total. The molecule has 2 aliphatic rings. The zero-order chi connectivity index (χ0) is 25.0. The number of aromatic carboxylic acids is 1. The Bertz CT molecular complexity index is 1480. The standard InChI is InChI=1S/C26H24N6O4/c1-30(26(8-9-26)22-7-6-17(13-27-22)25(35)36)23(33)18-14-28-32-11-10-31(15-21(18)32)24(34)20-12-16-4-2-3-5-19(16)29-20/h2-7,12-14,29H,8-11,15H2,1H3,(H,35,36). The summed E-state index contributed by atoms with van der Waals surface area (Å²) in [6.45, 7) is 1.28. The van der Waals surface area contributed by atoms with Gasteiger partial charge in [-0.15, -0.1) is 0 Å². The summed E-state index contributed by atoms with van der Waals surface area (Å²) in [6.07, 6.45) is 4.37. The van der Waals surface area contributed by atoms with Gasteiger partial charge in [0.15, 0.2) is 0 Å². The van der Waals surface area contributed by atoms with E-state index in [0.29, 0.717) is 35.7 Å². The van der Waals surface area contributed by atoms with E-state index < -0.39 is 11.5 Å². The molecule has 0 bridgehead atoms. The van der Waals surface area contributed by atoms with Crippen molar-refractivity contribution in [1.82, 2.24) is 29.5 Å². The number of carbonyl (C=O) groups excluding carboxylic acids is 2. The molecule has 1 aliphatic heterocycles. The molecule has 4 heterocycles. The van der Waals surface area contributed by atoms with E-state index in [1.54, 1.807) is 33.8 Å². The topological polar surface area (TPSA) is 124 Å². The first-order valence-corrected chi connectivity index (χ1v) is 11.8. The summed E-state index contributed by atoms with van der Waals surface area (Å²) in [5.41, 5.74) is 2.78. The summed E-state index contributed by atoms with van der Waals surface area (Å²) >= 11 is 0. The molecule has 3 aromatic heterocycles. The van der Waals surface area contributed by atoms with Crippen LogP contribution in [0.1, 0.15) is 55.4 Å². The lowest BCUT2D eigenvalue weighted by Gasteiger charge is -2.30. The number of para-hydroxylation sites is 1. The van der Waals surface area contributed by atoms with E-state index in [1.807, 2.05) is 30.3 Å². The molecule has 4 aromatic rings. The highest BCUT2D eigenvalue weighted by atomic mass is 16.4. The molecule has 36 heavy (non-hydrogen) atoms. The number of nitrogens with one attached hydrogen (secondary N) is 1. The molecule has 1 aliphatic carbocycles. The molecule has 10 nitrogen and oxygen atoms in total. The second-order valence-electron chi connectivity index (χ2n) is 9.36. The normalized spacial score (nSPS) is 16.0. The van der Waals surface area contributed by atoms with Gasteiger partial charge in [-0.05, 0) is 37.1 Å². The maximum atomic E-state index is 13.6. The van der Waals surface area contributed by atoms with Crippen LogP contribution < -0.4 is 0 Å². The first-order valence-electron chi connectivity index (χ1n) is 11.8. The SMILES string of the molecule is CN(C(=O)c1cnn2c1CN(C(=O)c1cc3ccccc3[nH]1)CC2)C1(c2ccc(C(=O)O)cn2)CC1. The predicted molar refractivity (Wildman–Crippen MR) is 129 cm³/mol. The van der Waals surface area contributed by atoms with Crippen molar-refractivity contribution in [2.45, 2.75) is 31.5 Å². The molecule has 1 aromatic carbocycles. The largest absolute Gasteiger partial charge is 0.478 e. The van der Waals surface area contributed by atoms with Crippen LogP contribution in [0, 0.1) is 0 Å². The highest BCUT2D eigenvalue weighted by molar-refractivity contribution is 5.99. The molecule has 0 atom stereocenters.